The van der Waals surface area contributed by atoms with Crippen molar-refractivity contribution >= 4 is 15.7 Å². The molecule has 0 fully saturated rings. The van der Waals surface area contributed by atoms with E-state index in [1.165, 1.54) is 12.1 Å². The van der Waals surface area contributed by atoms with Crippen LogP contribution in [0.25, 0.3) is 0 Å². The predicted molar refractivity (Wildman–Crippen MR) is 74.8 cm³/mol. The highest BCUT2D eigenvalue weighted by atomic mass is 32.2. The summed E-state index contributed by atoms with van der Waals surface area (Å²) in [6.07, 6.45) is -4.82. The average Bonchev–Trinajstić information content (AvgIpc) is 2.40. The number of hydrogen-bond acceptors (Lipinski definition) is 3. The molecule has 0 saturated carbocycles. The van der Waals surface area contributed by atoms with Gasteiger partial charge in [0.2, 0.25) is 0 Å². The Hall–Kier alpha value is -2.22. The van der Waals surface area contributed by atoms with Crippen LogP contribution in [0.15, 0.2) is 53.4 Å². The van der Waals surface area contributed by atoms with Gasteiger partial charge in [-0.05, 0) is 48.9 Å². The van der Waals surface area contributed by atoms with E-state index < -0.39 is 22.1 Å². The predicted octanol–water partition coefficient (Wildman–Crippen LogP) is 3.57. The minimum Gasteiger partial charge on any atom is -0.406 e. The Morgan fingerprint density at radius 1 is 0.955 bits per heavy atom. The molecular weight excluding hydrogens is 319 g/mol. The van der Waals surface area contributed by atoms with Gasteiger partial charge in [0.05, 0.1) is 4.90 Å². The second-order valence-corrected chi connectivity index (χ2v) is 6.00. The average molecular weight is 330 g/mol. The molecule has 117 valence electrons. The molecule has 22 heavy (non-hydrogen) atoms. The Morgan fingerprint density at radius 3 is 2.00 bits per heavy atom. The van der Waals surface area contributed by atoms with Crippen molar-refractivity contribution in [2.75, 3.05) is 4.72 Å². The molecule has 0 amide bonds. The van der Waals surface area contributed by atoms with Crippen molar-refractivity contribution in [1.29, 1.82) is 0 Å². The minimum atomic E-state index is -4.82. The van der Waals surface area contributed by atoms with Crippen LogP contribution in [-0.2, 0) is 10.0 Å². The molecule has 2 aromatic carbocycles. The van der Waals surface area contributed by atoms with Gasteiger partial charge in [-0.25, -0.2) is 8.42 Å². The number of alkyl halides is 3. The van der Waals surface area contributed by atoms with Gasteiger partial charge in [0.25, 0.3) is 10.0 Å². The lowest BCUT2D eigenvalue weighted by Gasteiger charge is -2.11. The van der Waals surface area contributed by atoms with Gasteiger partial charge in [0, 0.05) is 5.69 Å². The Morgan fingerprint density at radius 2 is 1.50 bits per heavy atom. The minimum absolute atomic E-state index is 0.180. The quantitative estimate of drug-likeness (QED) is 0.932. The first-order valence-electron chi connectivity index (χ1n) is 5.96. The number of nitrogens with one attached hydrogen (secondary N) is 1. The van der Waals surface area contributed by atoms with E-state index in [-0.39, 0.29) is 4.90 Å². The zero-order valence-corrected chi connectivity index (χ0v) is 11.9. The van der Waals surface area contributed by atoms with Gasteiger partial charge in [0.1, 0.15) is 5.75 Å². The van der Waals surface area contributed by atoms with E-state index >= 15 is 0 Å². The van der Waals surface area contributed by atoms with Crippen LogP contribution < -0.4 is 9.46 Å². The molecule has 0 spiro atoms. The van der Waals surface area contributed by atoms with Crippen molar-refractivity contribution in [3.8, 4) is 5.75 Å². The lowest BCUT2D eigenvalue weighted by Crippen LogP contribution is -2.17. The molecule has 0 heterocycles. The summed E-state index contributed by atoms with van der Waals surface area (Å²) in [7, 11) is -3.89. The molecule has 0 aliphatic carbocycles. The fraction of sp³-hybridized carbons (Fsp3) is 0.0714. The largest absolute Gasteiger partial charge is 0.573 e. The van der Waals surface area contributed by atoms with Gasteiger partial charge in [-0.2, -0.15) is 0 Å². The van der Waals surface area contributed by atoms with Gasteiger partial charge in [-0.3, -0.25) is 4.72 Å². The number of halogens is 3. The zero-order valence-electron chi connectivity index (χ0n) is 11.1. The molecule has 4 nitrogen and oxygen atoms in total. The normalized spacial score (nSPS) is 12.0. The summed E-state index contributed by atoms with van der Waals surface area (Å²) in [5, 5.41) is 0. The van der Waals surface area contributed by atoms with E-state index in [9.17, 15) is 21.6 Å². The zero-order chi connectivity index (χ0) is 16.4. The maximum Gasteiger partial charge on any atom is 0.573 e. The Labute approximate surface area is 125 Å². The highest BCUT2D eigenvalue weighted by Crippen LogP contribution is 2.24. The molecule has 2 rings (SSSR count). The fourth-order valence-corrected chi connectivity index (χ4v) is 2.67. The summed E-state index contributed by atoms with van der Waals surface area (Å²) in [6, 6.07) is 10.2. The molecule has 0 aliphatic heterocycles. The fourth-order valence-electron chi connectivity index (χ4n) is 1.61. The maximum absolute atomic E-state index is 12.1. The molecule has 0 aliphatic rings. The molecule has 0 bridgehead atoms. The van der Waals surface area contributed by atoms with Crippen LogP contribution in [-0.4, -0.2) is 14.8 Å². The van der Waals surface area contributed by atoms with Crippen LogP contribution >= 0.6 is 0 Å². The molecule has 0 aromatic heterocycles. The Kier molecular flexibility index (Phi) is 4.32. The first-order valence-corrected chi connectivity index (χ1v) is 7.45. The number of anilines is 1. The third-order valence-corrected chi connectivity index (χ3v) is 3.97. The molecule has 8 heteroatoms. The molecule has 1 radical (unpaired) electrons. The summed E-state index contributed by atoms with van der Waals surface area (Å²) in [4.78, 5) is -0.180. The summed E-state index contributed by atoms with van der Waals surface area (Å²) < 4.78 is 66.3. The standard InChI is InChI=1S/C14H11F3NO3S/c1-10-2-4-11(5-3-10)18-22(19,20)13-8-6-12(7-9-13)21-14(15,16)17/h2-9,18H,1H2. The smallest absolute Gasteiger partial charge is 0.406 e. The SMILES string of the molecule is [CH2]c1ccc(NS(=O)(=O)c2ccc(OC(F)(F)F)cc2)cc1. The Bertz CT molecular complexity index is 738. The highest BCUT2D eigenvalue weighted by Gasteiger charge is 2.31. The van der Waals surface area contributed by atoms with E-state index in [0.717, 1.165) is 29.8 Å². The van der Waals surface area contributed by atoms with Crippen LogP contribution in [0.5, 0.6) is 5.75 Å². The van der Waals surface area contributed by atoms with Crippen LogP contribution in [0.2, 0.25) is 0 Å². The summed E-state index contributed by atoms with van der Waals surface area (Å²) in [5.74, 6) is -0.493. The topological polar surface area (TPSA) is 55.4 Å². The number of rotatable bonds is 4. The van der Waals surface area contributed by atoms with Crippen LogP contribution in [0.4, 0.5) is 18.9 Å². The summed E-state index contributed by atoms with van der Waals surface area (Å²) >= 11 is 0. The number of ether oxygens (including phenoxy) is 1. The second kappa shape index (κ2) is 5.88. The van der Waals surface area contributed by atoms with Crippen molar-refractivity contribution in [2.24, 2.45) is 0 Å². The van der Waals surface area contributed by atoms with E-state index in [0.29, 0.717) is 5.69 Å². The van der Waals surface area contributed by atoms with E-state index in [1.54, 1.807) is 12.1 Å². The van der Waals surface area contributed by atoms with Crippen molar-refractivity contribution in [3.05, 3.63) is 61.0 Å². The number of sulfonamides is 1. The number of benzene rings is 2. The number of hydrogen-bond donors (Lipinski definition) is 1. The monoisotopic (exact) mass is 330 g/mol. The summed E-state index contributed by atoms with van der Waals surface area (Å²) in [6.45, 7) is 3.67. The van der Waals surface area contributed by atoms with Gasteiger partial charge in [-0.15, -0.1) is 13.2 Å². The molecule has 2 aromatic rings. The first-order chi connectivity index (χ1) is 10.2. The van der Waals surface area contributed by atoms with E-state index in [1.807, 2.05) is 0 Å². The van der Waals surface area contributed by atoms with Gasteiger partial charge < -0.3 is 4.74 Å². The second-order valence-electron chi connectivity index (χ2n) is 4.32. The van der Waals surface area contributed by atoms with Crippen molar-refractivity contribution in [1.82, 2.24) is 0 Å². The van der Waals surface area contributed by atoms with E-state index in [4.69, 9.17) is 0 Å². The van der Waals surface area contributed by atoms with Gasteiger partial charge in [-0.1, -0.05) is 12.1 Å². The first kappa shape index (κ1) is 16.2. The third-order valence-electron chi connectivity index (χ3n) is 2.57. The lowest BCUT2D eigenvalue weighted by atomic mass is 10.2. The molecule has 0 saturated heterocycles. The molecule has 1 N–H and O–H groups in total. The molecule has 0 unspecified atom stereocenters. The lowest BCUT2D eigenvalue weighted by molar-refractivity contribution is -0.274. The molecule has 0 atom stereocenters. The van der Waals surface area contributed by atoms with Crippen molar-refractivity contribution in [2.45, 2.75) is 11.3 Å². The maximum atomic E-state index is 12.1. The summed E-state index contributed by atoms with van der Waals surface area (Å²) in [5.41, 5.74) is 1.04. The Balaban J connectivity index is 2.17. The van der Waals surface area contributed by atoms with Gasteiger partial charge in [0.15, 0.2) is 0 Å². The molecular formula is C14H11F3NO3S. The van der Waals surface area contributed by atoms with Gasteiger partial charge >= 0.3 is 6.36 Å². The van der Waals surface area contributed by atoms with Crippen LogP contribution in [0, 0.1) is 6.92 Å². The van der Waals surface area contributed by atoms with Crippen LogP contribution in [0.3, 0.4) is 0 Å². The third kappa shape index (κ3) is 4.39. The van der Waals surface area contributed by atoms with E-state index in [2.05, 4.69) is 16.4 Å². The van der Waals surface area contributed by atoms with Crippen molar-refractivity contribution in [3.63, 3.8) is 0 Å². The van der Waals surface area contributed by atoms with Crippen LogP contribution in [0.1, 0.15) is 5.56 Å². The van der Waals surface area contributed by atoms with Crippen molar-refractivity contribution < 1.29 is 26.3 Å². The highest BCUT2D eigenvalue weighted by molar-refractivity contribution is 7.92.